The van der Waals surface area contributed by atoms with Crippen molar-refractivity contribution in [2.75, 3.05) is 12.1 Å². The van der Waals surface area contributed by atoms with Crippen LogP contribution < -0.4 is 14.8 Å². The minimum absolute atomic E-state index is 0. The van der Waals surface area contributed by atoms with Gasteiger partial charge in [0.25, 0.3) is 0 Å². The molecule has 0 saturated carbocycles. The number of benzene rings is 1. The number of aromatic nitrogens is 3. The Balaban J connectivity index is 0.00000180. The summed E-state index contributed by atoms with van der Waals surface area (Å²) in [6, 6.07) is 15.9. The largest absolute Gasteiger partial charge is 0.454 e. The molecule has 2 N–H and O–H groups in total. The van der Waals surface area contributed by atoms with E-state index >= 15 is 0 Å². The lowest BCUT2D eigenvalue weighted by Gasteiger charge is -2.09. The molecule has 0 atom stereocenters. The number of hydrogen-bond acceptors (Lipinski definition) is 5. The smallest absolute Gasteiger partial charge is 0.231 e. The second kappa shape index (κ2) is 6.07. The summed E-state index contributed by atoms with van der Waals surface area (Å²) in [7, 11) is 0. The van der Waals surface area contributed by atoms with Crippen LogP contribution in [0.15, 0.2) is 60.9 Å². The maximum absolute atomic E-state index is 5.43. The Bertz CT molecular complexity index is 1100. The van der Waals surface area contributed by atoms with Crippen LogP contribution in [0.4, 0.5) is 5.82 Å². The molecule has 3 aromatic heterocycles. The predicted octanol–water partition coefficient (Wildman–Crippen LogP) is 4.21. The van der Waals surface area contributed by atoms with E-state index in [1.54, 1.807) is 6.20 Å². The number of anilines is 1. The molecule has 26 heavy (non-hydrogen) atoms. The Morgan fingerprint density at radius 3 is 3.04 bits per heavy atom. The van der Waals surface area contributed by atoms with Gasteiger partial charge < -0.3 is 19.8 Å². The Labute approximate surface area is 151 Å². The third-order valence-electron chi connectivity index (χ3n) is 4.40. The molecule has 0 radical (unpaired) electrons. The van der Waals surface area contributed by atoms with Crippen LogP contribution in [0.3, 0.4) is 0 Å². The van der Waals surface area contributed by atoms with Crippen molar-refractivity contribution >= 4 is 16.9 Å². The summed E-state index contributed by atoms with van der Waals surface area (Å²) in [6.07, 6.45) is 3.69. The third kappa shape index (κ3) is 2.61. The van der Waals surface area contributed by atoms with E-state index in [1.807, 2.05) is 54.7 Å². The van der Waals surface area contributed by atoms with E-state index in [9.17, 15) is 0 Å². The van der Waals surface area contributed by atoms with E-state index in [0.29, 0.717) is 6.54 Å². The normalized spacial score (nSPS) is 12.5. The van der Waals surface area contributed by atoms with E-state index in [0.717, 1.165) is 45.2 Å². The molecule has 6 heteroatoms. The maximum Gasteiger partial charge on any atom is 0.231 e. The van der Waals surface area contributed by atoms with Gasteiger partial charge in [-0.05, 0) is 42.0 Å². The lowest BCUT2D eigenvalue weighted by Crippen LogP contribution is -2.02. The van der Waals surface area contributed by atoms with Crippen molar-refractivity contribution < 1.29 is 10.9 Å². The van der Waals surface area contributed by atoms with Crippen LogP contribution in [0.5, 0.6) is 11.5 Å². The zero-order valence-corrected chi connectivity index (χ0v) is 13.9. The zero-order valence-electron chi connectivity index (χ0n) is 13.9. The number of ether oxygens (including phenoxy) is 2. The van der Waals surface area contributed by atoms with Crippen molar-refractivity contribution in [2.45, 2.75) is 6.54 Å². The molecule has 0 saturated heterocycles. The van der Waals surface area contributed by atoms with Gasteiger partial charge in [0.15, 0.2) is 11.5 Å². The molecule has 4 aromatic rings. The van der Waals surface area contributed by atoms with Crippen LogP contribution in [0.1, 0.15) is 6.99 Å². The van der Waals surface area contributed by atoms with Gasteiger partial charge in [-0.1, -0.05) is 12.1 Å². The molecule has 0 fully saturated rings. The second-order valence-electron chi connectivity index (χ2n) is 6.05. The van der Waals surface area contributed by atoms with Crippen LogP contribution in [0, 0.1) is 0 Å². The van der Waals surface area contributed by atoms with Crippen molar-refractivity contribution in [3.8, 4) is 22.8 Å². The number of H-pyrrole nitrogens is 1. The summed E-state index contributed by atoms with van der Waals surface area (Å²) >= 11 is 0. The van der Waals surface area contributed by atoms with E-state index in [4.69, 9.17) is 14.5 Å². The lowest BCUT2D eigenvalue weighted by atomic mass is 10.1. The molecule has 0 amide bonds. The Kier molecular flexibility index (Phi) is 3.45. The van der Waals surface area contributed by atoms with E-state index in [2.05, 4.69) is 15.3 Å². The highest BCUT2D eigenvalue weighted by Gasteiger charge is 2.13. The molecular formula is C20H18N4O2. The number of pyridine rings is 2. The summed E-state index contributed by atoms with van der Waals surface area (Å²) in [4.78, 5) is 12.2. The van der Waals surface area contributed by atoms with Gasteiger partial charge in [0, 0.05) is 31.3 Å². The predicted molar refractivity (Wildman–Crippen MR) is 101 cm³/mol. The Morgan fingerprint density at radius 2 is 2.04 bits per heavy atom. The van der Waals surface area contributed by atoms with E-state index in [-0.39, 0.29) is 8.22 Å². The van der Waals surface area contributed by atoms with E-state index in [1.165, 1.54) is 0 Å². The fourth-order valence-corrected chi connectivity index (χ4v) is 3.11. The minimum Gasteiger partial charge on any atom is -0.454 e. The van der Waals surface area contributed by atoms with Gasteiger partial charge in [0.1, 0.15) is 11.5 Å². The highest BCUT2D eigenvalue weighted by Crippen LogP contribution is 2.32. The number of aromatic amines is 1. The first-order valence-corrected chi connectivity index (χ1v) is 8.39. The lowest BCUT2D eigenvalue weighted by molar-refractivity contribution is 0.174. The average Bonchev–Trinajstić information content (AvgIpc) is 3.35. The summed E-state index contributed by atoms with van der Waals surface area (Å²) < 4.78 is 10.8. The maximum atomic E-state index is 5.43. The van der Waals surface area contributed by atoms with Crippen LogP contribution in [-0.4, -0.2) is 21.7 Å². The van der Waals surface area contributed by atoms with Crippen molar-refractivity contribution in [1.29, 1.82) is 0 Å². The Morgan fingerprint density at radius 1 is 1.08 bits per heavy atom. The molecule has 1 aliphatic rings. The molecule has 4 heterocycles. The fourth-order valence-electron chi connectivity index (χ4n) is 3.11. The third-order valence-corrected chi connectivity index (χ3v) is 4.40. The molecule has 0 aliphatic carbocycles. The summed E-state index contributed by atoms with van der Waals surface area (Å²) in [5.74, 6) is 2.40. The van der Waals surface area contributed by atoms with Crippen LogP contribution in [-0.2, 0) is 6.54 Å². The van der Waals surface area contributed by atoms with Gasteiger partial charge >= 0.3 is 0 Å². The SMILES string of the molecule is [HH].c1cc(NCc2ccc3c(c2)OCO3)nc(-c2ccnc3[nH]ccc23)c1. The van der Waals surface area contributed by atoms with Gasteiger partial charge in [-0.15, -0.1) is 0 Å². The van der Waals surface area contributed by atoms with Crippen LogP contribution in [0.2, 0.25) is 0 Å². The van der Waals surface area contributed by atoms with Gasteiger partial charge in [-0.25, -0.2) is 9.97 Å². The van der Waals surface area contributed by atoms with Crippen molar-refractivity contribution in [1.82, 2.24) is 15.0 Å². The second-order valence-corrected chi connectivity index (χ2v) is 6.05. The quantitative estimate of drug-likeness (QED) is 0.579. The number of rotatable bonds is 4. The summed E-state index contributed by atoms with van der Waals surface area (Å²) in [5, 5.41) is 4.44. The number of hydrogen-bond donors (Lipinski definition) is 2. The zero-order chi connectivity index (χ0) is 17.3. The summed E-state index contributed by atoms with van der Waals surface area (Å²) in [6.45, 7) is 0.943. The summed E-state index contributed by atoms with van der Waals surface area (Å²) in [5.41, 5.74) is 3.94. The molecule has 6 nitrogen and oxygen atoms in total. The fraction of sp³-hybridized carbons (Fsp3) is 0.100. The first-order chi connectivity index (χ1) is 12.9. The first-order valence-electron chi connectivity index (χ1n) is 8.39. The van der Waals surface area contributed by atoms with Gasteiger partial charge in [0.2, 0.25) is 6.79 Å². The van der Waals surface area contributed by atoms with Crippen molar-refractivity contribution in [2.24, 2.45) is 0 Å². The van der Waals surface area contributed by atoms with Crippen molar-refractivity contribution in [3.05, 3.63) is 66.5 Å². The topological polar surface area (TPSA) is 72.1 Å². The van der Waals surface area contributed by atoms with Crippen LogP contribution >= 0.6 is 0 Å². The monoisotopic (exact) mass is 346 g/mol. The van der Waals surface area contributed by atoms with Crippen LogP contribution in [0.25, 0.3) is 22.3 Å². The van der Waals surface area contributed by atoms with E-state index < -0.39 is 0 Å². The molecule has 5 rings (SSSR count). The highest BCUT2D eigenvalue weighted by molar-refractivity contribution is 5.91. The van der Waals surface area contributed by atoms with Gasteiger partial charge in [-0.3, -0.25) is 0 Å². The molecule has 1 aromatic carbocycles. The molecule has 0 bridgehead atoms. The van der Waals surface area contributed by atoms with Gasteiger partial charge in [0.05, 0.1) is 5.69 Å². The standard InChI is InChI=1S/C20H16N4O2.H2/c1-2-16(14-6-8-21-20-15(14)7-9-22-20)24-19(3-1)23-11-13-4-5-17-18(10-13)26-12-25-17;/h1-10H,11-12H2,(H,21,22)(H,23,24);1H. The highest BCUT2D eigenvalue weighted by atomic mass is 16.7. The average molecular weight is 346 g/mol. The van der Waals surface area contributed by atoms with Gasteiger partial charge in [-0.2, -0.15) is 0 Å². The number of nitrogens with zero attached hydrogens (tertiary/aromatic N) is 2. The minimum atomic E-state index is 0. The van der Waals surface area contributed by atoms with Crippen molar-refractivity contribution in [3.63, 3.8) is 0 Å². The molecule has 0 spiro atoms. The number of fused-ring (bicyclic) bond motifs is 2. The first kappa shape index (κ1) is 14.8. The molecule has 130 valence electrons. The number of nitrogens with one attached hydrogen (secondary N) is 2. The Hall–Kier alpha value is -3.54. The molecular weight excluding hydrogens is 328 g/mol. The molecule has 0 unspecified atom stereocenters. The molecule has 1 aliphatic heterocycles.